The Morgan fingerprint density at radius 2 is 2.11 bits per heavy atom. The molecule has 0 fully saturated rings. The summed E-state index contributed by atoms with van der Waals surface area (Å²) in [6.45, 7) is 6.71. The molecule has 18 heavy (non-hydrogen) atoms. The summed E-state index contributed by atoms with van der Waals surface area (Å²) in [5, 5.41) is 8.89. The molecular formula is C13H19NO4. The van der Waals surface area contributed by atoms with Gasteiger partial charge >= 0.3 is 5.97 Å². The molecule has 0 aliphatic carbocycles. The molecule has 0 bridgehead atoms. The van der Waals surface area contributed by atoms with Crippen molar-refractivity contribution in [3.8, 4) is 0 Å². The van der Waals surface area contributed by atoms with Crippen LogP contribution in [0.15, 0.2) is 16.9 Å². The van der Waals surface area contributed by atoms with Gasteiger partial charge in [0.1, 0.15) is 5.56 Å². The molecule has 0 aliphatic rings. The topological polar surface area (TPSA) is 68.5 Å². The second-order valence-corrected chi connectivity index (χ2v) is 4.42. The van der Waals surface area contributed by atoms with Gasteiger partial charge in [0.15, 0.2) is 0 Å². The lowest BCUT2D eigenvalue weighted by Crippen LogP contribution is -2.28. The van der Waals surface area contributed by atoms with Gasteiger partial charge in [0, 0.05) is 18.8 Å². The largest absolute Gasteiger partial charge is 0.477 e. The van der Waals surface area contributed by atoms with E-state index in [-0.39, 0.29) is 11.7 Å². The van der Waals surface area contributed by atoms with Crippen molar-refractivity contribution in [3.05, 3.63) is 33.7 Å². The van der Waals surface area contributed by atoms with Crippen LogP contribution >= 0.6 is 0 Å². The second-order valence-electron chi connectivity index (χ2n) is 4.42. The second kappa shape index (κ2) is 6.35. The van der Waals surface area contributed by atoms with E-state index >= 15 is 0 Å². The van der Waals surface area contributed by atoms with Crippen molar-refractivity contribution in [2.45, 2.75) is 39.8 Å². The average Bonchev–Trinajstić information content (AvgIpc) is 2.26. The van der Waals surface area contributed by atoms with Gasteiger partial charge in [0.2, 0.25) is 0 Å². The van der Waals surface area contributed by atoms with Gasteiger partial charge in [-0.15, -0.1) is 0 Å². The van der Waals surface area contributed by atoms with Gasteiger partial charge in [0.05, 0.1) is 6.10 Å². The molecule has 0 unspecified atom stereocenters. The molecule has 1 heterocycles. The number of carboxylic acids is 1. The lowest BCUT2D eigenvalue weighted by Gasteiger charge is -2.12. The minimum atomic E-state index is -1.19. The molecule has 0 amide bonds. The molecule has 100 valence electrons. The lowest BCUT2D eigenvalue weighted by molar-refractivity contribution is 0.0693. The van der Waals surface area contributed by atoms with Crippen LogP contribution in [0.4, 0.5) is 0 Å². The number of nitrogens with zero attached hydrogens (tertiary/aromatic N) is 1. The Labute approximate surface area is 106 Å². The summed E-state index contributed by atoms with van der Waals surface area (Å²) >= 11 is 0. The minimum absolute atomic E-state index is 0.160. The van der Waals surface area contributed by atoms with Crippen molar-refractivity contribution in [1.82, 2.24) is 4.57 Å². The molecule has 1 aromatic heterocycles. The van der Waals surface area contributed by atoms with Gasteiger partial charge < -0.3 is 14.4 Å². The van der Waals surface area contributed by atoms with E-state index in [1.54, 1.807) is 13.0 Å². The molecule has 5 nitrogen and oxygen atoms in total. The summed E-state index contributed by atoms with van der Waals surface area (Å²) in [5.41, 5.74) is 0.118. The van der Waals surface area contributed by atoms with E-state index in [0.717, 1.165) is 5.69 Å². The van der Waals surface area contributed by atoms with Crippen LogP contribution in [0.5, 0.6) is 0 Å². The number of rotatable bonds is 6. The highest BCUT2D eigenvalue weighted by molar-refractivity contribution is 5.87. The molecule has 0 saturated carbocycles. The van der Waals surface area contributed by atoms with Crippen molar-refractivity contribution in [2.75, 3.05) is 6.61 Å². The fourth-order valence-corrected chi connectivity index (χ4v) is 1.65. The van der Waals surface area contributed by atoms with Crippen LogP contribution in [0, 0.1) is 6.92 Å². The SMILES string of the molecule is Cc1ccc(C(=O)O)c(=O)n1CCCOC(C)C. The highest BCUT2D eigenvalue weighted by Crippen LogP contribution is 2.01. The first-order chi connectivity index (χ1) is 8.43. The molecule has 1 N–H and O–H groups in total. The van der Waals surface area contributed by atoms with Crippen molar-refractivity contribution < 1.29 is 14.6 Å². The number of carbonyl (C=O) groups is 1. The highest BCUT2D eigenvalue weighted by atomic mass is 16.5. The van der Waals surface area contributed by atoms with E-state index in [1.807, 2.05) is 13.8 Å². The zero-order valence-corrected chi connectivity index (χ0v) is 11.0. The summed E-state index contributed by atoms with van der Waals surface area (Å²) in [7, 11) is 0. The number of aromatic nitrogens is 1. The van der Waals surface area contributed by atoms with Crippen LogP contribution < -0.4 is 5.56 Å². The fourth-order valence-electron chi connectivity index (χ4n) is 1.65. The van der Waals surface area contributed by atoms with E-state index < -0.39 is 11.5 Å². The number of aryl methyl sites for hydroxylation is 1. The molecule has 5 heteroatoms. The average molecular weight is 253 g/mol. The molecule has 0 aliphatic heterocycles. The molecule has 0 spiro atoms. The monoisotopic (exact) mass is 253 g/mol. The third-order valence-corrected chi connectivity index (χ3v) is 2.60. The Hall–Kier alpha value is -1.62. The molecule has 0 atom stereocenters. The smallest absolute Gasteiger partial charge is 0.341 e. The van der Waals surface area contributed by atoms with Crippen molar-refractivity contribution >= 4 is 5.97 Å². The number of carboxylic acid groups (broad SMARTS) is 1. The van der Waals surface area contributed by atoms with E-state index in [9.17, 15) is 9.59 Å². The van der Waals surface area contributed by atoms with E-state index in [4.69, 9.17) is 9.84 Å². The van der Waals surface area contributed by atoms with E-state index in [2.05, 4.69) is 0 Å². The molecule has 0 aromatic carbocycles. The Bertz CT molecular complexity index is 476. The number of aromatic carboxylic acids is 1. The maximum absolute atomic E-state index is 11.9. The standard InChI is InChI=1S/C13H19NO4/c1-9(2)18-8-4-7-14-10(3)5-6-11(12(14)15)13(16)17/h5-6,9H,4,7-8H2,1-3H3,(H,16,17). The van der Waals surface area contributed by atoms with Gasteiger partial charge in [-0.3, -0.25) is 4.79 Å². The molecule has 1 aromatic rings. The van der Waals surface area contributed by atoms with Gasteiger partial charge in [-0.1, -0.05) is 0 Å². The summed E-state index contributed by atoms with van der Waals surface area (Å²) < 4.78 is 6.87. The minimum Gasteiger partial charge on any atom is -0.477 e. The molecule has 0 saturated heterocycles. The summed E-state index contributed by atoms with van der Waals surface area (Å²) in [5.74, 6) is -1.19. The van der Waals surface area contributed by atoms with Crippen LogP contribution in [0.3, 0.4) is 0 Å². The maximum Gasteiger partial charge on any atom is 0.341 e. The summed E-state index contributed by atoms with van der Waals surface area (Å²) in [6, 6.07) is 3.00. The Morgan fingerprint density at radius 3 is 2.67 bits per heavy atom. The van der Waals surface area contributed by atoms with Crippen molar-refractivity contribution in [2.24, 2.45) is 0 Å². The third kappa shape index (κ3) is 3.70. The summed E-state index contributed by atoms with van der Waals surface area (Å²) in [4.78, 5) is 22.8. The van der Waals surface area contributed by atoms with Crippen molar-refractivity contribution in [1.29, 1.82) is 0 Å². The molecule has 1 rings (SSSR count). The first-order valence-electron chi connectivity index (χ1n) is 5.99. The third-order valence-electron chi connectivity index (χ3n) is 2.60. The predicted octanol–water partition coefficient (Wildman–Crippen LogP) is 1.67. The Kier molecular flexibility index (Phi) is 5.09. The highest BCUT2D eigenvalue weighted by Gasteiger charge is 2.11. The number of ether oxygens (including phenoxy) is 1. The maximum atomic E-state index is 11.9. The predicted molar refractivity (Wildman–Crippen MR) is 68.1 cm³/mol. The number of pyridine rings is 1. The van der Waals surface area contributed by atoms with Gasteiger partial charge in [-0.2, -0.15) is 0 Å². The van der Waals surface area contributed by atoms with Crippen LogP contribution in [0.25, 0.3) is 0 Å². The molecule has 0 radical (unpaired) electrons. The number of hydrogen-bond acceptors (Lipinski definition) is 3. The Morgan fingerprint density at radius 1 is 1.44 bits per heavy atom. The van der Waals surface area contributed by atoms with E-state index in [1.165, 1.54) is 10.6 Å². The Balaban J connectivity index is 2.79. The zero-order chi connectivity index (χ0) is 13.7. The lowest BCUT2D eigenvalue weighted by atomic mass is 10.2. The quantitative estimate of drug-likeness (QED) is 0.783. The van der Waals surface area contributed by atoms with Gasteiger partial charge in [-0.05, 0) is 39.3 Å². The van der Waals surface area contributed by atoms with Gasteiger partial charge in [-0.25, -0.2) is 4.79 Å². The van der Waals surface area contributed by atoms with Crippen LogP contribution in [-0.2, 0) is 11.3 Å². The first-order valence-corrected chi connectivity index (χ1v) is 5.99. The van der Waals surface area contributed by atoms with E-state index in [0.29, 0.717) is 19.6 Å². The first kappa shape index (κ1) is 14.4. The normalized spacial score (nSPS) is 10.9. The van der Waals surface area contributed by atoms with Crippen LogP contribution in [0.2, 0.25) is 0 Å². The summed E-state index contributed by atoms with van der Waals surface area (Å²) in [6.07, 6.45) is 0.843. The van der Waals surface area contributed by atoms with Crippen LogP contribution in [0.1, 0.15) is 36.3 Å². The van der Waals surface area contributed by atoms with Crippen molar-refractivity contribution in [3.63, 3.8) is 0 Å². The molecular weight excluding hydrogens is 234 g/mol. The fraction of sp³-hybridized carbons (Fsp3) is 0.538. The van der Waals surface area contributed by atoms with Crippen LogP contribution in [-0.4, -0.2) is 28.4 Å². The van der Waals surface area contributed by atoms with Gasteiger partial charge in [0.25, 0.3) is 5.56 Å². The number of hydrogen-bond donors (Lipinski definition) is 1. The zero-order valence-electron chi connectivity index (χ0n) is 11.0.